The maximum absolute atomic E-state index is 12.6. The van der Waals surface area contributed by atoms with Crippen molar-refractivity contribution in [1.29, 1.82) is 0 Å². The van der Waals surface area contributed by atoms with Gasteiger partial charge in [0.05, 0.1) is 12.8 Å². The van der Waals surface area contributed by atoms with Crippen LogP contribution in [0, 0.1) is 13.8 Å². The molecule has 0 unspecified atom stereocenters. The van der Waals surface area contributed by atoms with Crippen LogP contribution < -0.4 is 10.3 Å². The lowest BCUT2D eigenvalue weighted by Gasteiger charge is -2.28. The fraction of sp³-hybridized carbons (Fsp3) is 0.304. The van der Waals surface area contributed by atoms with Crippen LogP contribution in [0.2, 0.25) is 5.02 Å². The number of H-pyrrole nitrogens is 1. The van der Waals surface area contributed by atoms with Gasteiger partial charge in [0.2, 0.25) is 0 Å². The van der Waals surface area contributed by atoms with Gasteiger partial charge in [-0.25, -0.2) is 4.98 Å². The lowest BCUT2D eigenvalue weighted by atomic mass is 10.00. The summed E-state index contributed by atoms with van der Waals surface area (Å²) in [7, 11) is 1.70. The molecule has 1 aliphatic rings. The van der Waals surface area contributed by atoms with Gasteiger partial charge >= 0.3 is 0 Å². The van der Waals surface area contributed by atoms with Crippen LogP contribution in [0.4, 0.5) is 0 Å². The summed E-state index contributed by atoms with van der Waals surface area (Å²) in [4.78, 5) is 22.6. The molecule has 0 saturated carbocycles. The van der Waals surface area contributed by atoms with Crippen LogP contribution in [0.5, 0.6) is 5.75 Å². The van der Waals surface area contributed by atoms with Crippen molar-refractivity contribution in [3.63, 3.8) is 0 Å². The van der Waals surface area contributed by atoms with Crippen LogP contribution in [0.25, 0.3) is 11.4 Å². The van der Waals surface area contributed by atoms with Crippen LogP contribution in [0.15, 0.2) is 41.2 Å². The zero-order valence-electron chi connectivity index (χ0n) is 16.9. The van der Waals surface area contributed by atoms with Crippen molar-refractivity contribution in [3.05, 3.63) is 79.7 Å². The molecule has 0 atom stereocenters. The molecule has 29 heavy (non-hydrogen) atoms. The van der Waals surface area contributed by atoms with Gasteiger partial charge in [-0.3, -0.25) is 9.69 Å². The first-order valence-electron chi connectivity index (χ1n) is 9.69. The number of methoxy groups -OCH3 is 1. The molecule has 3 aromatic rings. The van der Waals surface area contributed by atoms with E-state index in [4.69, 9.17) is 21.3 Å². The molecule has 2 aromatic carbocycles. The third kappa shape index (κ3) is 3.93. The molecule has 4 rings (SSSR count). The van der Waals surface area contributed by atoms with E-state index in [1.807, 2.05) is 18.2 Å². The number of benzene rings is 2. The molecule has 0 spiro atoms. The Kier molecular flexibility index (Phi) is 5.43. The van der Waals surface area contributed by atoms with Crippen LogP contribution in [0.1, 0.15) is 27.9 Å². The summed E-state index contributed by atoms with van der Waals surface area (Å²) in [5.41, 5.74) is 6.14. The van der Waals surface area contributed by atoms with Gasteiger partial charge in [0.15, 0.2) is 0 Å². The molecule has 5 nitrogen and oxygen atoms in total. The second-order valence-corrected chi connectivity index (χ2v) is 7.92. The highest BCUT2D eigenvalue weighted by Crippen LogP contribution is 2.26. The van der Waals surface area contributed by atoms with Crippen molar-refractivity contribution >= 4 is 11.6 Å². The predicted octanol–water partition coefficient (Wildman–Crippen LogP) is 4.27. The van der Waals surface area contributed by atoms with Crippen molar-refractivity contribution in [2.75, 3.05) is 13.7 Å². The van der Waals surface area contributed by atoms with E-state index in [1.54, 1.807) is 19.2 Å². The third-order valence-electron chi connectivity index (χ3n) is 5.73. The Morgan fingerprint density at radius 2 is 1.90 bits per heavy atom. The second kappa shape index (κ2) is 8.01. The Hall–Kier alpha value is -2.63. The Bertz CT molecular complexity index is 1110. The number of aromatic nitrogens is 2. The first kappa shape index (κ1) is 19.7. The fourth-order valence-corrected chi connectivity index (χ4v) is 3.98. The Balaban J connectivity index is 1.60. The molecule has 1 aliphatic heterocycles. The average molecular weight is 410 g/mol. The molecule has 1 aromatic heterocycles. The molecule has 0 radical (unpaired) electrons. The highest BCUT2D eigenvalue weighted by molar-refractivity contribution is 6.30. The lowest BCUT2D eigenvalue weighted by molar-refractivity contribution is 0.240. The minimum Gasteiger partial charge on any atom is -0.496 e. The summed E-state index contributed by atoms with van der Waals surface area (Å²) < 4.78 is 5.42. The minimum absolute atomic E-state index is 0.0453. The number of hydrogen-bond donors (Lipinski definition) is 1. The van der Waals surface area contributed by atoms with Crippen molar-refractivity contribution < 1.29 is 4.74 Å². The van der Waals surface area contributed by atoms with Crippen LogP contribution >= 0.6 is 11.6 Å². The minimum atomic E-state index is -0.0453. The molecule has 0 aliphatic carbocycles. The van der Waals surface area contributed by atoms with E-state index in [0.29, 0.717) is 23.8 Å². The maximum Gasteiger partial charge on any atom is 0.254 e. The molecule has 150 valence electrons. The molecule has 1 N–H and O–H groups in total. The van der Waals surface area contributed by atoms with E-state index < -0.39 is 0 Å². The Labute approximate surface area is 175 Å². The number of aromatic amines is 1. The summed E-state index contributed by atoms with van der Waals surface area (Å²) in [6, 6.07) is 11.5. The molecule has 0 amide bonds. The summed E-state index contributed by atoms with van der Waals surface area (Å²) >= 11 is 5.98. The largest absolute Gasteiger partial charge is 0.496 e. The maximum atomic E-state index is 12.6. The van der Waals surface area contributed by atoms with Gasteiger partial charge in [-0.15, -0.1) is 0 Å². The molecule has 0 saturated heterocycles. The van der Waals surface area contributed by atoms with Gasteiger partial charge in [-0.2, -0.15) is 0 Å². The van der Waals surface area contributed by atoms with Gasteiger partial charge in [-0.1, -0.05) is 17.7 Å². The zero-order valence-corrected chi connectivity index (χ0v) is 17.6. The van der Waals surface area contributed by atoms with E-state index in [-0.39, 0.29) is 5.56 Å². The van der Waals surface area contributed by atoms with E-state index in [0.717, 1.165) is 35.7 Å². The van der Waals surface area contributed by atoms with Crippen molar-refractivity contribution in [2.24, 2.45) is 0 Å². The van der Waals surface area contributed by atoms with Gasteiger partial charge in [0, 0.05) is 35.8 Å². The van der Waals surface area contributed by atoms with E-state index in [2.05, 4.69) is 29.8 Å². The monoisotopic (exact) mass is 409 g/mol. The normalized spacial score (nSPS) is 13.9. The zero-order chi connectivity index (χ0) is 20.5. The summed E-state index contributed by atoms with van der Waals surface area (Å²) in [5, 5.41) is 0.658. The highest BCUT2D eigenvalue weighted by atomic mass is 35.5. The average Bonchev–Trinajstić information content (AvgIpc) is 2.72. The van der Waals surface area contributed by atoms with Gasteiger partial charge in [0.1, 0.15) is 11.6 Å². The summed E-state index contributed by atoms with van der Waals surface area (Å²) in [6.07, 6.45) is 0.701. The summed E-state index contributed by atoms with van der Waals surface area (Å²) in [5.74, 6) is 1.50. The lowest BCUT2D eigenvalue weighted by Crippen LogP contribution is -2.35. The van der Waals surface area contributed by atoms with E-state index >= 15 is 0 Å². The Morgan fingerprint density at radius 1 is 1.14 bits per heavy atom. The topological polar surface area (TPSA) is 58.2 Å². The predicted molar refractivity (Wildman–Crippen MR) is 116 cm³/mol. The number of halogens is 1. The number of nitrogens with one attached hydrogen (secondary N) is 1. The first-order valence-corrected chi connectivity index (χ1v) is 10.1. The first-order chi connectivity index (χ1) is 14.0. The Morgan fingerprint density at radius 3 is 2.62 bits per heavy atom. The van der Waals surface area contributed by atoms with Crippen LogP contribution in [0.3, 0.4) is 0 Å². The van der Waals surface area contributed by atoms with Crippen molar-refractivity contribution in [3.8, 4) is 17.1 Å². The van der Waals surface area contributed by atoms with Gasteiger partial charge in [-0.05, 0) is 67.3 Å². The summed E-state index contributed by atoms with van der Waals surface area (Å²) in [6.45, 7) is 6.53. The fourth-order valence-electron chi connectivity index (χ4n) is 3.86. The second-order valence-electron chi connectivity index (χ2n) is 7.48. The molecular weight excluding hydrogens is 386 g/mol. The van der Waals surface area contributed by atoms with E-state index in [9.17, 15) is 4.79 Å². The number of fused-ring (bicyclic) bond motifs is 1. The molecule has 0 bridgehead atoms. The quantitative estimate of drug-likeness (QED) is 0.699. The molecule has 6 heteroatoms. The number of ether oxygens (including phenoxy) is 1. The molecule has 0 fully saturated rings. The third-order valence-corrected chi connectivity index (χ3v) is 5.99. The smallest absolute Gasteiger partial charge is 0.254 e. The van der Waals surface area contributed by atoms with E-state index in [1.165, 1.54) is 16.7 Å². The standard InChI is InChI=1S/C23H24ClN3O2/c1-14-15(2)21(29-3)9-6-17(14)12-27-11-10-19-20(13-27)25-22(26-23(19)28)16-4-7-18(24)8-5-16/h4-9H,10-13H2,1-3H3,(H,25,26,28). The SMILES string of the molecule is COc1ccc(CN2CCc3c(nc(-c4ccc(Cl)cc4)[nH]c3=O)C2)c(C)c1C. The van der Waals surface area contributed by atoms with Crippen molar-refractivity contribution in [2.45, 2.75) is 33.4 Å². The molecular formula is C23H24ClN3O2. The van der Waals surface area contributed by atoms with Gasteiger partial charge in [0.25, 0.3) is 5.56 Å². The van der Waals surface area contributed by atoms with Crippen molar-refractivity contribution in [1.82, 2.24) is 14.9 Å². The number of rotatable bonds is 4. The van der Waals surface area contributed by atoms with Crippen LogP contribution in [-0.4, -0.2) is 28.5 Å². The van der Waals surface area contributed by atoms with Crippen LogP contribution in [-0.2, 0) is 19.5 Å². The molecule has 2 heterocycles. The number of hydrogen-bond acceptors (Lipinski definition) is 4. The van der Waals surface area contributed by atoms with Gasteiger partial charge < -0.3 is 9.72 Å². The number of nitrogens with zero attached hydrogens (tertiary/aromatic N) is 2. The highest BCUT2D eigenvalue weighted by Gasteiger charge is 2.22.